The minimum absolute atomic E-state index is 0.249. The monoisotopic (exact) mass is 392 g/mol. The topological polar surface area (TPSA) is 85.4 Å². The van der Waals surface area contributed by atoms with Crippen LogP contribution in [-0.4, -0.2) is 36.6 Å². The Morgan fingerprint density at radius 1 is 0.897 bits per heavy atom. The Kier molecular flexibility index (Phi) is 7.00. The van der Waals surface area contributed by atoms with E-state index in [4.69, 9.17) is 9.47 Å². The molecule has 29 heavy (non-hydrogen) atoms. The number of nitrogens with one attached hydrogen (secondary N) is 2. The molecule has 1 heterocycles. The van der Waals surface area contributed by atoms with Crippen molar-refractivity contribution in [2.24, 2.45) is 0 Å². The van der Waals surface area contributed by atoms with E-state index in [0.717, 1.165) is 23.5 Å². The number of nitrogens with zero attached hydrogens (tertiary/aromatic N) is 2. The summed E-state index contributed by atoms with van der Waals surface area (Å²) in [7, 11) is 3.27. The van der Waals surface area contributed by atoms with E-state index in [1.807, 2.05) is 48.5 Å². The second-order valence-corrected chi connectivity index (χ2v) is 6.32. The number of methoxy groups -OCH3 is 2. The van der Waals surface area contributed by atoms with Crippen LogP contribution in [0.25, 0.3) is 0 Å². The zero-order valence-electron chi connectivity index (χ0n) is 16.5. The van der Waals surface area contributed by atoms with Gasteiger partial charge in [0.05, 0.1) is 14.2 Å². The van der Waals surface area contributed by atoms with Crippen molar-refractivity contribution >= 4 is 11.9 Å². The summed E-state index contributed by atoms with van der Waals surface area (Å²) in [5.74, 6) is 1.79. The highest BCUT2D eigenvalue weighted by Gasteiger charge is 2.09. The van der Waals surface area contributed by atoms with Gasteiger partial charge in [0.25, 0.3) is 5.91 Å². The molecule has 150 valence electrons. The number of rotatable bonds is 9. The molecule has 0 unspecified atom stereocenters. The van der Waals surface area contributed by atoms with Crippen LogP contribution in [0.1, 0.15) is 21.6 Å². The molecule has 0 saturated carbocycles. The van der Waals surface area contributed by atoms with Crippen LogP contribution >= 0.6 is 0 Å². The molecule has 0 saturated heterocycles. The van der Waals surface area contributed by atoms with Crippen LogP contribution in [0.3, 0.4) is 0 Å². The Hall–Kier alpha value is -3.61. The molecular formula is C22H24N4O3. The van der Waals surface area contributed by atoms with Gasteiger partial charge in [-0.3, -0.25) is 4.79 Å². The van der Waals surface area contributed by atoms with Crippen LogP contribution in [0.2, 0.25) is 0 Å². The highest BCUT2D eigenvalue weighted by atomic mass is 16.5. The maximum atomic E-state index is 12.4. The fraction of sp³-hybridized carbons (Fsp3) is 0.227. The van der Waals surface area contributed by atoms with Gasteiger partial charge in [-0.2, -0.15) is 0 Å². The van der Waals surface area contributed by atoms with E-state index < -0.39 is 0 Å². The van der Waals surface area contributed by atoms with E-state index in [0.29, 0.717) is 24.7 Å². The number of amides is 1. The largest absolute Gasteiger partial charge is 0.497 e. The van der Waals surface area contributed by atoms with Gasteiger partial charge in [0, 0.05) is 19.3 Å². The maximum Gasteiger partial charge on any atom is 0.270 e. The van der Waals surface area contributed by atoms with Crippen molar-refractivity contribution < 1.29 is 14.3 Å². The van der Waals surface area contributed by atoms with Crippen molar-refractivity contribution in [2.75, 3.05) is 26.1 Å². The Labute approximate surface area is 170 Å². The van der Waals surface area contributed by atoms with Crippen molar-refractivity contribution in [3.8, 4) is 11.5 Å². The normalized spacial score (nSPS) is 10.3. The van der Waals surface area contributed by atoms with Crippen molar-refractivity contribution in [1.29, 1.82) is 0 Å². The number of anilines is 1. The second-order valence-electron chi connectivity index (χ2n) is 6.32. The molecule has 0 aliphatic rings. The number of aromatic nitrogens is 2. The van der Waals surface area contributed by atoms with Crippen molar-refractivity contribution in [3.63, 3.8) is 0 Å². The van der Waals surface area contributed by atoms with E-state index in [9.17, 15) is 4.79 Å². The number of hydrogen-bond donors (Lipinski definition) is 2. The van der Waals surface area contributed by atoms with Crippen molar-refractivity contribution in [3.05, 3.63) is 77.6 Å². The molecule has 3 rings (SSSR count). The van der Waals surface area contributed by atoms with Gasteiger partial charge in [-0.25, -0.2) is 9.97 Å². The lowest BCUT2D eigenvalue weighted by Gasteiger charge is -2.08. The van der Waals surface area contributed by atoms with E-state index in [1.165, 1.54) is 5.56 Å². The molecule has 2 aromatic carbocycles. The molecule has 0 aliphatic heterocycles. The molecule has 7 nitrogen and oxygen atoms in total. The highest BCUT2D eigenvalue weighted by Crippen LogP contribution is 2.12. The van der Waals surface area contributed by atoms with Crippen LogP contribution < -0.4 is 20.1 Å². The summed E-state index contributed by atoms with van der Waals surface area (Å²) in [5, 5.41) is 6.02. The average Bonchev–Trinajstić information content (AvgIpc) is 2.78. The maximum absolute atomic E-state index is 12.4. The summed E-state index contributed by atoms with van der Waals surface area (Å²) in [4.78, 5) is 20.9. The number of carbonyl (C=O) groups is 1. The van der Waals surface area contributed by atoms with Crippen LogP contribution in [0, 0.1) is 0 Å². The minimum Gasteiger partial charge on any atom is -0.497 e. The number of hydrogen-bond acceptors (Lipinski definition) is 6. The quantitative estimate of drug-likeness (QED) is 0.582. The van der Waals surface area contributed by atoms with Crippen LogP contribution in [0.5, 0.6) is 11.5 Å². The zero-order valence-corrected chi connectivity index (χ0v) is 16.5. The summed E-state index contributed by atoms with van der Waals surface area (Å²) in [6.07, 6.45) is 2.38. The van der Waals surface area contributed by atoms with Gasteiger partial charge in [-0.15, -0.1) is 0 Å². The number of ether oxygens (including phenoxy) is 2. The Bertz CT molecular complexity index is 928. The summed E-state index contributed by atoms with van der Waals surface area (Å²) in [5.41, 5.74) is 2.47. The molecule has 1 aromatic heterocycles. The smallest absolute Gasteiger partial charge is 0.270 e. The third kappa shape index (κ3) is 5.93. The van der Waals surface area contributed by atoms with Gasteiger partial charge >= 0.3 is 0 Å². The molecule has 0 bridgehead atoms. The third-order valence-corrected chi connectivity index (χ3v) is 4.36. The van der Waals surface area contributed by atoms with E-state index >= 15 is 0 Å². The van der Waals surface area contributed by atoms with Crippen molar-refractivity contribution in [1.82, 2.24) is 15.3 Å². The first kappa shape index (κ1) is 20.1. The van der Waals surface area contributed by atoms with E-state index in [2.05, 4.69) is 20.6 Å². The van der Waals surface area contributed by atoms with E-state index in [-0.39, 0.29) is 5.91 Å². The van der Waals surface area contributed by atoms with Gasteiger partial charge < -0.3 is 20.1 Å². The minimum atomic E-state index is -0.249. The van der Waals surface area contributed by atoms with Gasteiger partial charge in [-0.05, 0) is 47.9 Å². The predicted octanol–water partition coefficient (Wildman–Crippen LogP) is 3.08. The third-order valence-electron chi connectivity index (χ3n) is 4.36. The molecule has 0 radical (unpaired) electrons. The molecular weight excluding hydrogens is 368 g/mol. The number of carbonyl (C=O) groups excluding carboxylic acids is 1. The average molecular weight is 392 g/mol. The molecule has 0 aliphatic carbocycles. The van der Waals surface area contributed by atoms with Gasteiger partial charge in [0.1, 0.15) is 17.2 Å². The predicted molar refractivity (Wildman–Crippen MR) is 111 cm³/mol. The Morgan fingerprint density at radius 3 is 2.14 bits per heavy atom. The Morgan fingerprint density at radius 2 is 1.52 bits per heavy atom. The summed E-state index contributed by atoms with van der Waals surface area (Å²) in [6, 6.07) is 17.0. The van der Waals surface area contributed by atoms with Gasteiger partial charge in [-0.1, -0.05) is 24.3 Å². The molecule has 0 atom stereocenters. The lowest BCUT2D eigenvalue weighted by molar-refractivity contribution is 0.0946. The highest BCUT2D eigenvalue weighted by molar-refractivity contribution is 5.92. The first-order valence-electron chi connectivity index (χ1n) is 9.29. The number of benzene rings is 2. The Balaban J connectivity index is 1.50. The first-order valence-corrected chi connectivity index (χ1v) is 9.29. The first-order chi connectivity index (χ1) is 14.2. The van der Waals surface area contributed by atoms with Crippen LogP contribution in [0.15, 0.2) is 60.8 Å². The molecule has 7 heteroatoms. The SMILES string of the molecule is COc1ccc(CCNc2nccc(C(=O)NCc3ccc(OC)cc3)n2)cc1. The van der Waals surface area contributed by atoms with Gasteiger partial charge in [0.2, 0.25) is 5.95 Å². The standard InChI is InChI=1S/C22H24N4O3/c1-28-18-7-3-16(4-8-18)11-13-23-22-24-14-12-20(26-22)21(27)25-15-17-5-9-19(29-2)10-6-17/h3-10,12,14H,11,13,15H2,1-2H3,(H,25,27)(H,23,24,26). The lowest BCUT2D eigenvalue weighted by atomic mass is 10.1. The lowest BCUT2D eigenvalue weighted by Crippen LogP contribution is -2.24. The summed E-state index contributed by atoms with van der Waals surface area (Å²) >= 11 is 0. The molecule has 0 spiro atoms. The van der Waals surface area contributed by atoms with Crippen LogP contribution in [0.4, 0.5) is 5.95 Å². The summed E-state index contributed by atoms with van der Waals surface area (Å²) < 4.78 is 10.3. The fourth-order valence-electron chi connectivity index (χ4n) is 2.70. The van der Waals surface area contributed by atoms with Gasteiger partial charge in [0.15, 0.2) is 0 Å². The summed E-state index contributed by atoms with van der Waals surface area (Å²) in [6.45, 7) is 1.07. The second kappa shape index (κ2) is 10.1. The molecule has 3 aromatic rings. The fourth-order valence-corrected chi connectivity index (χ4v) is 2.70. The molecule has 2 N–H and O–H groups in total. The van der Waals surface area contributed by atoms with Crippen molar-refractivity contribution in [2.45, 2.75) is 13.0 Å². The zero-order chi connectivity index (χ0) is 20.5. The molecule has 1 amide bonds. The molecule has 0 fully saturated rings. The van der Waals surface area contributed by atoms with E-state index in [1.54, 1.807) is 26.5 Å². The van der Waals surface area contributed by atoms with Crippen LogP contribution in [-0.2, 0) is 13.0 Å².